The lowest BCUT2D eigenvalue weighted by atomic mass is 9.90. The van der Waals surface area contributed by atoms with Crippen LogP contribution in [0.1, 0.15) is 30.9 Å². The Bertz CT molecular complexity index is 709. The Morgan fingerprint density at radius 1 is 1.04 bits per heavy atom. The molecule has 24 heavy (non-hydrogen) atoms. The predicted octanol–water partition coefficient (Wildman–Crippen LogP) is 3.98. The van der Waals surface area contributed by atoms with Crippen LogP contribution in [-0.2, 0) is 17.6 Å². The minimum absolute atomic E-state index is 0.134. The maximum atomic E-state index is 12.5. The second kappa shape index (κ2) is 7.39. The molecule has 1 aliphatic carbocycles. The minimum Gasteiger partial charge on any atom is -0.497 e. The lowest BCUT2D eigenvalue weighted by Crippen LogP contribution is -2.30. The smallest absolute Gasteiger partial charge is 0.265 e. The van der Waals surface area contributed by atoms with Gasteiger partial charge in [-0.15, -0.1) is 0 Å². The van der Waals surface area contributed by atoms with E-state index in [1.54, 1.807) is 26.2 Å². The van der Waals surface area contributed by atoms with Crippen molar-refractivity contribution < 1.29 is 14.3 Å². The molecule has 4 heteroatoms. The molecular weight excluding hydrogens is 302 g/mol. The average Bonchev–Trinajstić information content (AvgIpc) is 2.62. The van der Waals surface area contributed by atoms with Crippen molar-refractivity contribution in [3.05, 3.63) is 53.6 Å². The van der Waals surface area contributed by atoms with Gasteiger partial charge in [0.05, 0.1) is 7.11 Å². The molecule has 4 nitrogen and oxygen atoms in total. The van der Waals surface area contributed by atoms with Crippen LogP contribution in [0, 0.1) is 0 Å². The molecule has 1 N–H and O–H groups in total. The van der Waals surface area contributed by atoms with Gasteiger partial charge in [-0.05, 0) is 74.1 Å². The number of amides is 1. The molecule has 3 rings (SSSR count). The van der Waals surface area contributed by atoms with Crippen LogP contribution in [0.3, 0.4) is 0 Å². The van der Waals surface area contributed by atoms with Crippen LogP contribution in [0.25, 0.3) is 0 Å². The van der Waals surface area contributed by atoms with Crippen molar-refractivity contribution in [2.45, 2.75) is 38.7 Å². The summed E-state index contributed by atoms with van der Waals surface area (Å²) >= 11 is 0. The van der Waals surface area contributed by atoms with Gasteiger partial charge in [0, 0.05) is 5.69 Å². The number of nitrogens with one attached hydrogen (secondary N) is 1. The van der Waals surface area contributed by atoms with Crippen LogP contribution >= 0.6 is 0 Å². The van der Waals surface area contributed by atoms with Gasteiger partial charge in [-0.2, -0.15) is 0 Å². The molecule has 2 aromatic rings. The fourth-order valence-electron chi connectivity index (χ4n) is 3.04. The molecule has 0 aromatic heterocycles. The van der Waals surface area contributed by atoms with Crippen LogP contribution in [0.15, 0.2) is 42.5 Å². The lowest BCUT2D eigenvalue weighted by Gasteiger charge is -2.21. The van der Waals surface area contributed by atoms with Crippen LogP contribution in [-0.4, -0.2) is 19.1 Å². The SMILES string of the molecule is COc1ccc(O[C@H](C)C(=O)Nc2cccc3c2CCCC3)cc1. The summed E-state index contributed by atoms with van der Waals surface area (Å²) in [5.74, 6) is 1.27. The number of hydrogen-bond donors (Lipinski definition) is 1. The summed E-state index contributed by atoms with van der Waals surface area (Å²) in [4.78, 5) is 12.5. The third kappa shape index (κ3) is 3.70. The summed E-state index contributed by atoms with van der Waals surface area (Å²) in [5, 5.41) is 3.02. The number of benzene rings is 2. The van der Waals surface area contributed by atoms with Crippen LogP contribution in [0.4, 0.5) is 5.69 Å². The maximum Gasteiger partial charge on any atom is 0.265 e. The van der Waals surface area contributed by atoms with Gasteiger partial charge in [-0.25, -0.2) is 0 Å². The first-order valence-electron chi connectivity index (χ1n) is 8.39. The average molecular weight is 325 g/mol. The van der Waals surface area contributed by atoms with Crippen molar-refractivity contribution in [2.24, 2.45) is 0 Å². The molecule has 0 heterocycles. The molecule has 0 aliphatic heterocycles. The van der Waals surface area contributed by atoms with E-state index < -0.39 is 6.10 Å². The number of fused-ring (bicyclic) bond motifs is 1. The third-order valence-electron chi connectivity index (χ3n) is 4.40. The number of hydrogen-bond acceptors (Lipinski definition) is 3. The molecule has 0 bridgehead atoms. The van der Waals surface area contributed by atoms with Gasteiger partial charge in [-0.3, -0.25) is 4.79 Å². The monoisotopic (exact) mass is 325 g/mol. The number of carbonyl (C=O) groups excluding carboxylic acids is 1. The van der Waals surface area contributed by atoms with Gasteiger partial charge >= 0.3 is 0 Å². The van der Waals surface area contributed by atoms with Gasteiger partial charge < -0.3 is 14.8 Å². The van der Waals surface area contributed by atoms with Crippen LogP contribution < -0.4 is 14.8 Å². The molecule has 1 atom stereocenters. The Balaban J connectivity index is 1.66. The van der Waals surface area contributed by atoms with Gasteiger partial charge in [0.25, 0.3) is 5.91 Å². The summed E-state index contributed by atoms with van der Waals surface area (Å²) in [6.07, 6.45) is 3.95. The molecule has 0 saturated carbocycles. The molecule has 1 aliphatic rings. The van der Waals surface area contributed by atoms with Gasteiger partial charge in [0.15, 0.2) is 6.10 Å². The first-order valence-corrected chi connectivity index (χ1v) is 8.39. The molecular formula is C20H23NO3. The van der Waals surface area contributed by atoms with E-state index in [4.69, 9.17) is 9.47 Å². The van der Waals surface area contributed by atoms with Crippen LogP contribution in [0.5, 0.6) is 11.5 Å². The van der Waals surface area contributed by atoms with Crippen molar-refractivity contribution in [3.8, 4) is 11.5 Å². The summed E-state index contributed by atoms with van der Waals surface area (Å²) in [7, 11) is 1.62. The Labute approximate surface area is 142 Å². The fraction of sp³-hybridized carbons (Fsp3) is 0.350. The highest BCUT2D eigenvalue weighted by molar-refractivity contribution is 5.95. The van der Waals surface area contributed by atoms with E-state index in [9.17, 15) is 4.79 Å². The summed E-state index contributed by atoms with van der Waals surface area (Å²) in [6.45, 7) is 1.76. The Hall–Kier alpha value is -2.49. The van der Waals surface area contributed by atoms with Gasteiger partial charge in [0.1, 0.15) is 11.5 Å². The second-order valence-corrected chi connectivity index (χ2v) is 6.08. The molecule has 0 radical (unpaired) electrons. The standard InChI is InChI=1S/C20H23NO3/c1-14(24-17-12-10-16(23-2)11-13-17)20(22)21-19-9-5-7-15-6-3-4-8-18(15)19/h5,7,9-14H,3-4,6,8H2,1-2H3,(H,21,22)/t14-/m1/s1. The largest absolute Gasteiger partial charge is 0.497 e. The zero-order chi connectivity index (χ0) is 16.9. The van der Waals surface area contributed by atoms with Gasteiger partial charge in [0.2, 0.25) is 0 Å². The van der Waals surface area contributed by atoms with E-state index in [0.717, 1.165) is 24.3 Å². The van der Waals surface area contributed by atoms with Crippen molar-refractivity contribution in [2.75, 3.05) is 12.4 Å². The molecule has 0 saturated heterocycles. The molecule has 0 fully saturated rings. The maximum absolute atomic E-state index is 12.5. The zero-order valence-corrected chi connectivity index (χ0v) is 14.2. The van der Waals surface area contributed by atoms with E-state index in [-0.39, 0.29) is 5.91 Å². The Morgan fingerprint density at radius 2 is 1.75 bits per heavy atom. The number of methoxy groups -OCH3 is 1. The first-order chi connectivity index (χ1) is 11.7. The zero-order valence-electron chi connectivity index (χ0n) is 14.2. The topological polar surface area (TPSA) is 47.6 Å². The first kappa shape index (κ1) is 16.4. The van der Waals surface area contributed by atoms with E-state index in [0.29, 0.717) is 5.75 Å². The quantitative estimate of drug-likeness (QED) is 0.904. The Morgan fingerprint density at radius 3 is 2.50 bits per heavy atom. The van der Waals surface area contributed by atoms with Crippen molar-refractivity contribution in [1.82, 2.24) is 0 Å². The summed E-state index contributed by atoms with van der Waals surface area (Å²) in [6, 6.07) is 13.4. The predicted molar refractivity (Wildman–Crippen MR) is 94.8 cm³/mol. The van der Waals surface area contributed by atoms with Crippen LogP contribution in [0.2, 0.25) is 0 Å². The molecule has 0 spiro atoms. The van der Waals surface area contributed by atoms with Crippen molar-refractivity contribution in [3.63, 3.8) is 0 Å². The number of ether oxygens (including phenoxy) is 2. The molecule has 126 valence electrons. The Kier molecular flexibility index (Phi) is 5.04. The van der Waals surface area contributed by atoms with Crippen molar-refractivity contribution in [1.29, 1.82) is 0 Å². The number of aryl methyl sites for hydroxylation is 1. The fourth-order valence-corrected chi connectivity index (χ4v) is 3.04. The third-order valence-corrected chi connectivity index (χ3v) is 4.40. The van der Waals surface area contributed by atoms with E-state index in [1.807, 2.05) is 24.3 Å². The van der Waals surface area contributed by atoms with E-state index in [1.165, 1.54) is 24.0 Å². The second-order valence-electron chi connectivity index (χ2n) is 6.08. The minimum atomic E-state index is -0.571. The molecule has 0 unspecified atom stereocenters. The highest BCUT2D eigenvalue weighted by Gasteiger charge is 2.18. The summed E-state index contributed by atoms with van der Waals surface area (Å²) in [5.41, 5.74) is 3.54. The molecule has 2 aromatic carbocycles. The van der Waals surface area contributed by atoms with Gasteiger partial charge in [-0.1, -0.05) is 12.1 Å². The van der Waals surface area contributed by atoms with Crippen molar-refractivity contribution >= 4 is 11.6 Å². The number of carbonyl (C=O) groups is 1. The summed E-state index contributed by atoms with van der Waals surface area (Å²) < 4.78 is 10.8. The number of anilines is 1. The highest BCUT2D eigenvalue weighted by atomic mass is 16.5. The van der Waals surface area contributed by atoms with E-state index in [2.05, 4.69) is 11.4 Å². The number of rotatable bonds is 5. The lowest BCUT2D eigenvalue weighted by molar-refractivity contribution is -0.122. The highest BCUT2D eigenvalue weighted by Crippen LogP contribution is 2.28. The molecule has 1 amide bonds. The normalized spacial score (nSPS) is 14.4. The van der Waals surface area contributed by atoms with E-state index >= 15 is 0 Å².